The zero-order valence-electron chi connectivity index (χ0n) is 15.7. The number of methoxy groups -OCH3 is 3. The van der Waals surface area contributed by atoms with E-state index in [1.165, 1.54) is 11.8 Å². The van der Waals surface area contributed by atoms with Gasteiger partial charge in [0.15, 0.2) is 11.5 Å². The molecule has 0 spiro atoms. The Labute approximate surface area is 159 Å². The highest BCUT2D eigenvalue weighted by molar-refractivity contribution is 8.00. The summed E-state index contributed by atoms with van der Waals surface area (Å²) in [5, 5.41) is 2.83. The Hall–Kier alpha value is -2.34. The second-order valence-electron chi connectivity index (χ2n) is 5.78. The largest absolute Gasteiger partial charge is 0.497 e. The van der Waals surface area contributed by atoms with Crippen LogP contribution in [0.25, 0.3) is 0 Å². The van der Waals surface area contributed by atoms with Crippen LogP contribution in [0.3, 0.4) is 0 Å². The first-order valence-corrected chi connectivity index (χ1v) is 9.19. The molecule has 0 aromatic heterocycles. The monoisotopic (exact) mass is 375 g/mol. The Kier molecular flexibility index (Phi) is 7.21. The summed E-state index contributed by atoms with van der Waals surface area (Å²) >= 11 is 1.51. The van der Waals surface area contributed by atoms with Crippen molar-refractivity contribution in [2.75, 3.05) is 21.3 Å². The van der Waals surface area contributed by atoms with Crippen LogP contribution in [-0.2, 0) is 4.79 Å². The minimum absolute atomic E-state index is 0.0203. The number of nitrogens with one attached hydrogen (secondary N) is 1. The fourth-order valence-corrected chi connectivity index (χ4v) is 3.32. The van der Waals surface area contributed by atoms with E-state index in [-0.39, 0.29) is 17.2 Å². The lowest BCUT2D eigenvalue weighted by atomic mass is 10.1. The second kappa shape index (κ2) is 9.38. The lowest BCUT2D eigenvalue weighted by Gasteiger charge is -2.19. The number of carbonyl (C=O) groups excluding carboxylic acids is 1. The van der Waals surface area contributed by atoms with Crippen LogP contribution >= 0.6 is 11.8 Å². The summed E-state index contributed by atoms with van der Waals surface area (Å²) in [5.74, 6) is 2.09. The molecule has 0 saturated heterocycles. The Bertz CT molecular complexity index is 733. The molecule has 0 aliphatic rings. The van der Waals surface area contributed by atoms with Crippen molar-refractivity contribution in [3.05, 3.63) is 48.0 Å². The molecule has 2 aromatic rings. The van der Waals surface area contributed by atoms with Crippen LogP contribution < -0.4 is 19.5 Å². The molecule has 0 aliphatic heterocycles. The Morgan fingerprint density at radius 1 is 0.923 bits per heavy atom. The quantitative estimate of drug-likeness (QED) is 0.705. The lowest BCUT2D eigenvalue weighted by molar-refractivity contribution is -0.120. The van der Waals surface area contributed by atoms with Gasteiger partial charge in [0.05, 0.1) is 32.6 Å². The van der Waals surface area contributed by atoms with E-state index in [9.17, 15) is 4.79 Å². The molecule has 6 heteroatoms. The van der Waals surface area contributed by atoms with Gasteiger partial charge in [-0.2, -0.15) is 0 Å². The van der Waals surface area contributed by atoms with E-state index in [1.807, 2.05) is 56.3 Å². The molecule has 0 aliphatic carbocycles. The Balaban J connectivity index is 1.98. The van der Waals surface area contributed by atoms with Gasteiger partial charge in [0, 0.05) is 4.90 Å². The average molecular weight is 375 g/mol. The molecule has 0 unspecified atom stereocenters. The molecule has 2 rings (SSSR count). The van der Waals surface area contributed by atoms with Crippen molar-refractivity contribution >= 4 is 17.7 Å². The van der Waals surface area contributed by atoms with Gasteiger partial charge >= 0.3 is 0 Å². The van der Waals surface area contributed by atoms with Crippen molar-refractivity contribution in [1.29, 1.82) is 0 Å². The molecule has 0 fully saturated rings. The molecular formula is C20H25NO4S. The predicted octanol–water partition coefficient (Wildman–Crippen LogP) is 4.07. The van der Waals surface area contributed by atoms with Gasteiger partial charge in [-0.25, -0.2) is 0 Å². The van der Waals surface area contributed by atoms with Crippen molar-refractivity contribution in [2.45, 2.75) is 30.0 Å². The topological polar surface area (TPSA) is 56.8 Å². The van der Waals surface area contributed by atoms with Crippen LogP contribution in [0.5, 0.6) is 17.2 Å². The molecule has 0 heterocycles. The molecule has 1 N–H and O–H groups in total. The van der Waals surface area contributed by atoms with Gasteiger partial charge in [-0.1, -0.05) is 6.07 Å². The SMILES string of the molecule is COc1ccc(S[C@H](C)C(=O)N[C@H](C)c2ccc(OC)c(OC)c2)cc1. The molecule has 5 nitrogen and oxygen atoms in total. The zero-order chi connectivity index (χ0) is 19.1. The highest BCUT2D eigenvalue weighted by atomic mass is 32.2. The summed E-state index contributed by atoms with van der Waals surface area (Å²) in [6.45, 7) is 3.84. The van der Waals surface area contributed by atoms with E-state index in [0.717, 1.165) is 16.2 Å². The molecule has 2 atom stereocenters. The van der Waals surface area contributed by atoms with E-state index in [0.29, 0.717) is 11.5 Å². The normalized spacial score (nSPS) is 12.8. The first-order valence-electron chi connectivity index (χ1n) is 8.31. The average Bonchev–Trinajstić information content (AvgIpc) is 2.67. The van der Waals surface area contributed by atoms with Gasteiger partial charge in [0.2, 0.25) is 5.91 Å². The molecule has 0 bridgehead atoms. The number of ether oxygens (including phenoxy) is 3. The van der Waals surface area contributed by atoms with E-state index in [1.54, 1.807) is 21.3 Å². The smallest absolute Gasteiger partial charge is 0.233 e. The summed E-state index contributed by atoms with van der Waals surface area (Å²) in [7, 11) is 4.83. The first-order chi connectivity index (χ1) is 12.5. The Morgan fingerprint density at radius 2 is 1.58 bits per heavy atom. The maximum Gasteiger partial charge on any atom is 0.233 e. The van der Waals surface area contributed by atoms with Crippen LogP contribution in [0, 0.1) is 0 Å². The minimum atomic E-state index is -0.217. The minimum Gasteiger partial charge on any atom is -0.497 e. The number of amides is 1. The van der Waals surface area contributed by atoms with Crippen molar-refractivity contribution in [1.82, 2.24) is 5.32 Å². The van der Waals surface area contributed by atoms with E-state index in [4.69, 9.17) is 14.2 Å². The fraction of sp³-hybridized carbons (Fsp3) is 0.350. The molecule has 26 heavy (non-hydrogen) atoms. The van der Waals surface area contributed by atoms with Crippen LogP contribution in [0.2, 0.25) is 0 Å². The van der Waals surface area contributed by atoms with Gasteiger partial charge < -0.3 is 19.5 Å². The van der Waals surface area contributed by atoms with Gasteiger partial charge in [0.25, 0.3) is 0 Å². The van der Waals surface area contributed by atoms with Crippen LogP contribution in [0.4, 0.5) is 0 Å². The van der Waals surface area contributed by atoms with Gasteiger partial charge in [-0.15, -0.1) is 11.8 Å². The van der Waals surface area contributed by atoms with Gasteiger partial charge in [-0.3, -0.25) is 4.79 Å². The summed E-state index contributed by atoms with van der Waals surface area (Å²) in [6, 6.07) is 13.2. The molecular weight excluding hydrogens is 350 g/mol. The summed E-state index contributed by atoms with van der Waals surface area (Å²) in [4.78, 5) is 13.5. The maximum absolute atomic E-state index is 12.5. The van der Waals surface area contributed by atoms with Crippen LogP contribution in [0.1, 0.15) is 25.5 Å². The van der Waals surface area contributed by atoms with Gasteiger partial charge in [-0.05, 0) is 55.8 Å². The molecule has 2 aromatic carbocycles. The number of carbonyl (C=O) groups is 1. The van der Waals surface area contributed by atoms with Crippen molar-refractivity contribution < 1.29 is 19.0 Å². The number of benzene rings is 2. The van der Waals surface area contributed by atoms with E-state index in [2.05, 4.69) is 5.32 Å². The summed E-state index contributed by atoms with van der Waals surface area (Å²) in [6.07, 6.45) is 0. The maximum atomic E-state index is 12.5. The molecule has 1 amide bonds. The number of hydrogen-bond acceptors (Lipinski definition) is 5. The first kappa shape index (κ1) is 20.0. The lowest BCUT2D eigenvalue weighted by Crippen LogP contribution is -2.33. The summed E-state index contributed by atoms with van der Waals surface area (Å²) in [5.41, 5.74) is 0.956. The van der Waals surface area contributed by atoms with Crippen molar-refractivity contribution in [3.8, 4) is 17.2 Å². The van der Waals surface area contributed by atoms with Crippen molar-refractivity contribution in [3.63, 3.8) is 0 Å². The Morgan fingerprint density at radius 3 is 2.15 bits per heavy atom. The molecule has 140 valence electrons. The standard InChI is InChI=1S/C20H25NO4S/c1-13(15-6-11-18(24-4)19(12-15)25-5)21-20(22)14(2)26-17-9-7-16(23-3)8-10-17/h6-14H,1-5H3,(H,21,22)/t13-,14-/m1/s1. The molecule has 0 radical (unpaired) electrons. The third-order valence-corrected chi connectivity index (χ3v) is 5.12. The third-order valence-electron chi connectivity index (χ3n) is 4.01. The zero-order valence-corrected chi connectivity index (χ0v) is 16.6. The highest BCUT2D eigenvalue weighted by Crippen LogP contribution is 2.30. The van der Waals surface area contributed by atoms with E-state index < -0.39 is 0 Å². The van der Waals surface area contributed by atoms with Gasteiger partial charge in [0.1, 0.15) is 5.75 Å². The molecule has 0 saturated carbocycles. The summed E-state index contributed by atoms with van der Waals surface area (Å²) < 4.78 is 15.7. The predicted molar refractivity (Wildman–Crippen MR) is 104 cm³/mol. The van der Waals surface area contributed by atoms with Crippen LogP contribution in [-0.4, -0.2) is 32.5 Å². The number of thioether (sulfide) groups is 1. The number of rotatable bonds is 8. The third kappa shape index (κ3) is 5.08. The van der Waals surface area contributed by atoms with E-state index >= 15 is 0 Å². The second-order valence-corrected chi connectivity index (χ2v) is 7.19. The van der Waals surface area contributed by atoms with Crippen molar-refractivity contribution in [2.24, 2.45) is 0 Å². The fourth-order valence-electron chi connectivity index (χ4n) is 2.45. The number of hydrogen-bond donors (Lipinski definition) is 1. The highest BCUT2D eigenvalue weighted by Gasteiger charge is 2.18. The van der Waals surface area contributed by atoms with Crippen LogP contribution in [0.15, 0.2) is 47.4 Å².